The van der Waals surface area contributed by atoms with Gasteiger partial charge in [0.1, 0.15) is 16.9 Å². The van der Waals surface area contributed by atoms with Crippen LogP contribution in [0.2, 0.25) is 0 Å². The molecule has 0 bridgehead atoms. The Morgan fingerprint density at radius 2 is 1.55 bits per heavy atom. The van der Waals surface area contributed by atoms with Crippen molar-refractivity contribution in [3.63, 3.8) is 0 Å². The highest BCUT2D eigenvalue weighted by Gasteiger charge is 2.34. The van der Waals surface area contributed by atoms with Crippen molar-refractivity contribution in [2.24, 2.45) is 0 Å². The highest BCUT2D eigenvalue weighted by molar-refractivity contribution is 6.13. The Morgan fingerprint density at radius 1 is 0.862 bits per heavy atom. The highest BCUT2D eigenvalue weighted by atomic mass is 16.5. The molecule has 0 aliphatic heterocycles. The Hall–Kier alpha value is -2.56. The highest BCUT2D eigenvalue weighted by Crippen LogP contribution is 2.44. The minimum Gasteiger partial charge on any atom is -0.492 e. The molecular formula is C24H32O5. The largest absolute Gasteiger partial charge is 0.492 e. The zero-order valence-corrected chi connectivity index (χ0v) is 18.2. The number of esters is 2. The van der Waals surface area contributed by atoms with Gasteiger partial charge in [-0.25, -0.2) is 9.59 Å². The van der Waals surface area contributed by atoms with Crippen molar-refractivity contribution in [3.05, 3.63) is 40.5 Å². The summed E-state index contributed by atoms with van der Waals surface area (Å²) in [5.74, 6) is -0.680. The maximum absolute atomic E-state index is 13.0. The number of ether oxygens (including phenoxy) is 3. The molecule has 0 N–H and O–H groups in total. The third kappa shape index (κ3) is 5.28. The fraction of sp³-hybridized carbons (Fsp3) is 0.500. The molecule has 2 aliphatic rings. The lowest BCUT2D eigenvalue weighted by atomic mass is 10.0. The Bertz CT molecular complexity index is 825. The lowest BCUT2D eigenvalue weighted by Crippen LogP contribution is -2.11. The first-order valence-corrected chi connectivity index (χ1v) is 10.5. The molecule has 0 radical (unpaired) electrons. The first kappa shape index (κ1) is 22.7. The van der Waals surface area contributed by atoms with Crippen LogP contribution < -0.4 is 4.74 Å². The summed E-state index contributed by atoms with van der Waals surface area (Å²) in [6.07, 6.45) is 3.56. The molecule has 0 saturated carbocycles. The number of unbranched alkanes of at least 4 members (excludes halogenated alkanes) is 2. The van der Waals surface area contributed by atoms with Crippen LogP contribution in [0.15, 0.2) is 18.2 Å². The smallest absolute Gasteiger partial charge is 0.342 e. The van der Waals surface area contributed by atoms with Crippen molar-refractivity contribution < 1.29 is 23.8 Å². The predicted octanol–water partition coefficient (Wildman–Crippen LogP) is 5.72. The van der Waals surface area contributed by atoms with Gasteiger partial charge in [-0.2, -0.15) is 0 Å². The second-order valence-electron chi connectivity index (χ2n) is 7.18. The average molecular weight is 401 g/mol. The van der Waals surface area contributed by atoms with Crippen LogP contribution in [0.1, 0.15) is 78.3 Å². The molecule has 0 unspecified atom stereocenters. The molecule has 0 amide bonds. The number of hydrogen-bond donors (Lipinski definition) is 0. The van der Waals surface area contributed by atoms with E-state index in [1.54, 1.807) is 0 Å². The van der Waals surface area contributed by atoms with Crippen LogP contribution in [0.3, 0.4) is 0 Å². The first-order chi connectivity index (χ1) is 14.0. The van der Waals surface area contributed by atoms with Crippen LogP contribution in [-0.2, 0) is 9.47 Å². The summed E-state index contributed by atoms with van der Waals surface area (Å²) < 4.78 is 16.8. The number of aryl methyl sites for hydroxylation is 2. The van der Waals surface area contributed by atoms with Crippen LogP contribution in [0.4, 0.5) is 0 Å². The van der Waals surface area contributed by atoms with E-state index < -0.39 is 11.9 Å². The third-order valence-electron chi connectivity index (χ3n) is 4.71. The minimum atomic E-state index is -0.475. The SMILES string of the molecule is CCCCCOC(=O)c1c2ccc(C)cc(C)c-2c(C(=O)OCCC)c1OCC. The molecule has 5 nitrogen and oxygen atoms in total. The second kappa shape index (κ2) is 10.8. The topological polar surface area (TPSA) is 61.8 Å². The van der Waals surface area contributed by atoms with Gasteiger partial charge in [0.25, 0.3) is 0 Å². The van der Waals surface area contributed by atoms with Gasteiger partial charge in [0.15, 0.2) is 0 Å². The fourth-order valence-corrected chi connectivity index (χ4v) is 3.42. The predicted molar refractivity (Wildman–Crippen MR) is 114 cm³/mol. The molecule has 0 spiro atoms. The van der Waals surface area contributed by atoms with Crippen LogP contribution in [-0.4, -0.2) is 31.8 Å². The molecule has 158 valence electrons. The van der Waals surface area contributed by atoms with Crippen molar-refractivity contribution in [2.45, 2.75) is 60.3 Å². The van der Waals surface area contributed by atoms with E-state index >= 15 is 0 Å². The molecule has 29 heavy (non-hydrogen) atoms. The van der Waals surface area contributed by atoms with Gasteiger partial charge >= 0.3 is 11.9 Å². The van der Waals surface area contributed by atoms with E-state index in [0.29, 0.717) is 48.5 Å². The van der Waals surface area contributed by atoms with E-state index in [2.05, 4.69) is 6.92 Å². The molecule has 0 fully saturated rings. The molecule has 0 atom stereocenters. The van der Waals surface area contributed by atoms with E-state index in [-0.39, 0.29) is 5.75 Å². The number of carbonyl (C=O) groups excluding carboxylic acids is 2. The van der Waals surface area contributed by atoms with Crippen LogP contribution in [0.25, 0.3) is 11.1 Å². The van der Waals surface area contributed by atoms with E-state index in [9.17, 15) is 9.59 Å². The van der Waals surface area contributed by atoms with E-state index in [1.165, 1.54) is 0 Å². The molecule has 5 heteroatoms. The van der Waals surface area contributed by atoms with Crippen LogP contribution in [0.5, 0.6) is 5.75 Å². The Morgan fingerprint density at radius 3 is 2.21 bits per heavy atom. The first-order valence-electron chi connectivity index (χ1n) is 10.5. The second-order valence-corrected chi connectivity index (χ2v) is 7.18. The lowest BCUT2D eigenvalue weighted by molar-refractivity contribution is 0.0495. The van der Waals surface area contributed by atoms with Crippen molar-refractivity contribution in [1.82, 2.24) is 0 Å². The maximum atomic E-state index is 13.0. The van der Waals surface area contributed by atoms with Crippen molar-refractivity contribution in [2.75, 3.05) is 19.8 Å². The van der Waals surface area contributed by atoms with E-state index in [1.807, 2.05) is 45.9 Å². The van der Waals surface area contributed by atoms with Crippen molar-refractivity contribution in [3.8, 4) is 16.9 Å². The lowest BCUT2D eigenvalue weighted by Gasteiger charge is -2.09. The zero-order valence-electron chi connectivity index (χ0n) is 18.2. The summed E-state index contributed by atoms with van der Waals surface area (Å²) in [5, 5.41) is 0. The Balaban J connectivity index is 2.64. The number of fused-ring (bicyclic) bond motifs is 1. The molecule has 0 heterocycles. The maximum Gasteiger partial charge on any atom is 0.342 e. The summed E-state index contributed by atoms with van der Waals surface area (Å²) in [4.78, 5) is 25.9. The van der Waals surface area contributed by atoms with E-state index in [0.717, 1.165) is 30.4 Å². The van der Waals surface area contributed by atoms with Crippen molar-refractivity contribution in [1.29, 1.82) is 0 Å². The van der Waals surface area contributed by atoms with Gasteiger partial charge in [-0.1, -0.05) is 50.5 Å². The number of rotatable bonds is 10. The van der Waals surface area contributed by atoms with Gasteiger partial charge in [-0.05, 0) is 39.2 Å². The van der Waals surface area contributed by atoms with Gasteiger partial charge < -0.3 is 14.2 Å². The standard InChI is InChI=1S/C24H32O5/c1-6-9-10-14-29-23(25)20-18-12-11-16(4)15-17(5)19(18)21(22(20)27-8-3)24(26)28-13-7-2/h11-12,15H,6-10,13-14H2,1-5H3. The van der Waals surface area contributed by atoms with Gasteiger partial charge in [0, 0.05) is 11.1 Å². The van der Waals surface area contributed by atoms with Gasteiger partial charge in [-0.15, -0.1) is 0 Å². The van der Waals surface area contributed by atoms with Gasteiger partial charge in [0.05, 0.1) is 19.8 Å². The Labute approximate surface area is 173 Å². The molecule has 2 rings (SSSR count). The molecular weight excluding hydrogens is 368 g/mol. The summed E-state index contributed by atoms with van der Waals surface area (Å²) in [5.41, 5.74) is 3.87. The third-order valence-corrected chi connectivity index (χ3v) is 4.71. The van der Waals surface area contributed by atoms with Crippen LogP contribution >= 0.6 is 0 Å². The van der Waals surface area contributed by atoms with E-state index in [4.69, 9.17) is 14.2 Å². The van der Waals surface area contributed by atoms with Crippen molar-refractivity contribution >= 4 is 11.9 Å². The molecule has 0 aromatic rings. The molecule has 2 aliphatic carbocycles. The zero-order chi connectivity index (χ0) is 21.4. The fourth-order valence-electron chi connectivity index (χ4n) is 3.42. The summed E-state index contributed by atoms with van der Waals surface area (Å²) >= 11 is 0. The monoisotopic (exact) mass is 400 g/mol. The molecule has 0 aromatic heterocycles. The molecule has 0 aromatic carbocycles. The quantitative estimate of drug-likeness (QED) is 0.377. The van der Waals surface area contributed by atoms with Crippen LogP contribution in [0, 0.1) is 13.8 Å². The summed E-state index contributed by atoms with van der Waals surface area (Å²) in [6, 6.07) is 5.78. The average Bonchev–Trinajstić information content (AvgIpc) is 2.94. The van der Waals surface area contributed by atoms with Gasteiger partial charge in [0.2, 0.25) is 0 Å². The summed E-state index contributed by atoms with van der Waals surface area (Å²) in [6.45, 7) is 10.7. The normalized spacial score (nSPS) is 10.8. The summed E-state index contributed by atoms with van der Waals surface area (Å²) in [7, 11) is 0. The minimum absolute atomic E-state index is 0.260. The molecule has 0 saturated heterocycles. The van der Waals surface area contributed by atoms with Gasteiger partial charge in [-0.3, -0.25) is 0 Å². The number of hydrogen-bond acceptors (Lipinski definition) is 5. The Kier molecular flexibility index (Phi) is 8.50. The number of carbonyl (C=O) groups is 2.